The number of benzene rings is 1. The molecule has 1 aliphatic heterocycles. The minimum Gasteiger partial charge on any atom is -0.393 e. The highest BCUT2D eigenvalue weighted by atomic mass is 19.1. The first-order chi connectivity index (χ1) is 8.49. The molecule has 2 unspecified atom stereocenters. The summed E-state index contributed by atoms with van der Waals surface area (Å²) >= 11 is 0. The van der Waals surface area contributed by atoms with Crippen molar-refractivity contribution in [2.24, 2.45) is 11.7 Å². The molecule has 0 saturated carbocycles. The van der Waals surface area contributed by atoms with Crippen molar-refractivity contribution in [2.75, 3.05) is 18.0 Å². The van der Waals surface area contributed by atoms with Crippen molar-refractivity contribution in [3.05, 3.63) is 29.6 Å². The number of hydrogen-bond donors (Lipinski definition) is 2. The van der Waals surface area contributed by atoms with Gasteiger partial charge in [-0.15, -0.1) is 0 Å². The van der Waals surface area contributed by atoms with Gasteiger partial charge in [0.25, 0.3) is 0 Å². The van der Waals surface area contributed by atoms with Crippen LogP contribution >= 0.6 is 0 Å². The van der Waals surface area contributed by atoms with Gasteiger partial charge >= 0.3 is 0 Å². The van der Waals surface area contributed by atoms with E-state index in [1.165, 1.54) is 6.07 Å². The fourth-order valence-corrected chi connectivity index (χ4v) is 2.46. The molecular formula is C14H21FN2O. The smallest absolute Gasteiger partial charge is 0.146 e. The van der Waals surface area contributed by atoms with Crippen LogP contribution in [0.15, 0.2) is 18.2 Å². The van der Waals surface area contributed by atoms with Crippen LogP contribution in [0.1, 0.15) is 31.9 Å². The number of hydrogen-bond acceptors (Lipinski definition) is 3. The maximum atomic E-state index is 14.0. The maximum absolute atomic E-state index is 14.0. The first-order valence-corrected chi connectivity index (χ1v) is 6.47. The molecule has 1 fully saturated rings. The van der Waals surface area contributed by atoms with Gasteiger partial charge in [0.1, 0.15) is 5.82 Å². The average molecular weight is 252 g/mol. The van der Waals surface area contributed by atoms with E-state index in [1.54, 1.807) is 13.0 Å². The van der Waals surface area contributed by atoms with Crippen LogP contribution in [-0.4, -0.2) is 24.3 Å². The zero-order valence-electron chi connectivity index (χ0n) is 10.9. The van der Waals surface area contributed by atoms with Gasteiger partial charge < -0.3 is 15.7 Å². The lowest BCUT2D eigenvalue weighted by Crippen LogP contribution is -2.24. The van der Waals surface area contributed by atoms with E-state index in [2.05, 4.69) is 0 Å². The van der Waals surface area contributed by atoms with Gasteiger partial charge in [0, 0.05) is 25.0 Å². The zero-order valence-corrected chi connectivity index (χ0v) is 10.9. The lowest BCUT2D eigenvalue weighted by atomic mass is 10.0. The summed E-state index contributed by atoms with van der Waals surface area (Å²) in [4.78, 5) is 2.00. The lowest BCUT2D eigenvalue weighted by molar-refractivity contribution is 0.136. The highest BCUT2D eigenvalue weighted by molar-refractivity contribution is 5.50. The topological polar surface area (TPSA) is 49.5 Å². The molecule has 0 spiro atoms. The SMILES string of the molecule is CC(O)C1CCN(c2ccc([C@@H](C)N)cc2F)C1. The minimum absolute atomic E-state index is 0.155. The van der Waals surface area contributed by atoms with Gasteiger partial charge in [-0.2, -0.15) is 0 Å². The number of anilines is 1. The number of nitrogens with two attached hydrogens (primary N) is 1. The molecule has 0 bridgehead atoms. The fraction of sp³-hybridized carbons (Fsp3) is 0.571. The zero-order chi connectivity index (χ0) is 13.3. The first-order valence-electron chi connectivity index (χ1n) is 6.47. The Morgan fingerprint density at radius 2 is 2.17 bits per heavy atom. The van der Waals surface area contributed by atoms with Crippen LogP contribution in [0.2, 0.25) is 0 Å². The van der Waals surface area contributed by atoms with Crippen molar-refractivity contribution < 1.29 is 9.50 Å². The van der Waals surface area contributed by atoms with Gasteiger partial charge in [-0.1, -0.05) is 6.07 Å². The molecular weight excluding hydrogens is 231 g/mol. The van der Waals surface area contributed by atoms with Crippen LogP contribution in [0.3, 0.4) is 0 Å². The van der Waals surface area contributed by atoms with Gasteiger partial charge in [-0.05, 0) is 38.0 Å². The number of aliphatic hydroxyl groups excluding tert-OH is 1. The number of aliphatic hydroxyl groups is 1. The Balaban J connectivity index is 2.15. The molecule has 3 atom stereocenters. The summed E-state index contributed by atoms with van der Waals surface area (Å²) in [5.41, 5.74) is 7.16. The summed E-state index contributed by atoms with van der Waals surface area (Å²) in [5.74, 6) is 0.00792. The number of nitrogens with zero attached hydrogens (tertiary/aromatic N) is 1. The molecule has 2 rings (SSSR count). The fourth-order valence-electron chi connectivity index (χ4n) is 2.46. The number of halogens is 1. The van der Waals surface area contributed by atoms with Gasteiger partial charge in [0.05, 0.1) is 11.8 Å². The van der Waals surface area contributed by atoms with Gasteiger partial charge in [-0.25, -0.2) is 4.39 Å². The molecule has 0 radical (unpaired) electrons. The summed E-state index contributed by atoms with van der Waals surface area (Å²) in [5, 5.41) is 9.57. The molecule has 100 valence electrons. The lowest BCUT2D eigenvalue weighted by Gasteiger charge is -2.21. The minimum atomic E-state index is -0.332. The Morgan fingerprint density at radius 1 is 1.44 bits per heavy atom. The standard InChI is InChI=1S/C14H21FN2O/c1-9(16)11-3-4-14(13(15)7-11)17-6-5-12(8-17)10(2)18/h3-4,7,9-10,12,18H,5-6,8,16H2,1-2H3/t9-,10?,12?/m1/s1. The van der Waals surface area contributed by atoms with Crippen molar-refractivity contribution in [3.63, 3.8) is 0 Å². The van der Waals surface area contributed by atoms with E-state index in [9.17, 15) is 9.50 Å². The second kappa shape index (κ2) is 5.24. The van der Waals surface area contributed by atoms with E-state index in [4.69, 9.17) is 5.73 Å². The van der Waals surface area contributed by atoms with E-state index in [0.717, 1.165) is 18.5 Å². The monoisotopic (exact) mass is 252 g/mol. The molecule has 4 heteroatoms. The van der Waals surface area contributed by atoms with E-state index >= 15 is 0 Å². The second-order valence-electron chi connectivity index (χ2n) is 5.23. The Hall–Kier alpha value is -1.13. The summed E-state index contributed by atoms with van der Waals surface area (Å²) < 4.78 is 14.0. The quantitative estimate of drug-likeness (QED) is 0.865. The van der Waals surface area contributed by atoms with Crippen molar-refractivity contribution in [1.29, 1.82) is 0 Å². The Bertz CT molecular complexity index is 420. The van der Waals surface area contributed by atoms with Crippen molar-refractivity contribution in [2.45, 2.75) is 32.4 Å². The Labute approximate surface area is 107 Å². The molecule has 1 aromatic carbocycles. The summed E-state index contributed by atoms with van der Waals surface area (Å²) in [6.45, 7) is 5.15. The highest BCUT2D eigenvalue weighted by Gasteiger charge is 2.27. The molecule has 3 N–H and O–H groups in total. The Kier molecular flexibility index (Phi) is 3.88. The van der Waals surface area contributed by atoms with Crippen LogP contribution < -0.4 is 10.6 Å². The van der Waals surface area contributed by atoms with E-state index < -0.39 is 0 Å². The molecule has 0 aromatic heterocycles. The average Bonchev–Trinajstić information content (AvgIpc) is 2.78. The van der Waals surface area contributed by atoms with Gasteiger partial charge in [-0.3, -0.25) is 0 Å². The van der Waals surface area contributed by atoms with Crippen LogP contribution in [0, 0.1) is 11.7 Å². The van der Waals surface area contributed by atoms with E-state index in [0.29, 0.717) is 12.2 Å². The van der Waals surface area contributed by atoms with Gasteiger partial charge in [0.15, 0.2) is 0 Å². The molecule has 0 aliphatic carbocycles. The third-order valence-corrected chi connectivity index (χ3v) is 3.75. The predicted octanol–water partition coefficient (Wildman–Crippen LogP) is 2.05. The third kappa shape index (κ3) is 2.65. The van der Waals surface area contributed by atoms with Crippen LogP contribution in [0.5, 0.6) is 0 Å². The molecule has 0 amide bonds. The second-order valence-corrected chi connectivity index (χ2v) is 5.23. The normalized spacial score (nSPS) is 23.2. The molecule has 3 nitrogen and oxygen atoms in total. The third-order valence-electron chi connectivity index (χ3n) is 3.75. The Morgan fingerprint density at radius 3 is 2.67 bits per heavy atom. The van der Waals surface area contributed by atoms with E-state index in [1.807, 2.05) is 17.9 Å². The molecule has 1 aromatic rings. The van der Waals surface area contributed by atoms with Gasteiger partial charge in [0.2, 0.25) is 0 Å². The van der Waals surface area contributed by atoms with Crippen molar-refractivity contribution in [1.82, 2.24) is 0 Å². The summed E-state index contributed by atoms with van der Waals surface area (Å²) in [6, 6.07) is 5.02. The molecule has 1 heterocycles. The summed E-state index contributed by atoms with van der Waals surface area (Å²) in [7, 11) is 0. The first kappa shape index (κ1) is 13.3. The van der Waals surface area contributed by atoms with Crippen LogP contribution in [-0.2, 0) is 0 Å². The largest absolute Gasteiger partial charge is 0.393 e. The molecule has 18 heavy (non-hydrogen) atoms. The van der Waals surface area contributed by atoms with Crippen LogP contribution in [0.25, 0.3) is 0 Å². The molecule has 1 saturated heterocycles. The van der Waals surface area contributed by atoms with Crippen molar-refractivity contribution >= 4 is 5.69 Å². The van der Waals surface area contributed by atoms with E-state index in [-0.39, 0.29) is 23.9 Å². The maximum Gasteiger partial charge on any atom is 0.146 e. The highest BCUT2D eigenvalue weighted by Crippen LogP contribution is 2.29. The van der Waals surface area contributed by atoms with Crippen molar-refractivity contribution in [3.8, 4) is 0 Å². The predicted molar refractivity (Wildman–Crippen MR) is 71.0 cm³/mol. The molecule has 1 aliphatic rings. The summed E-state index contributed by atoms with van der Waals surface area (Å²) in [6.07, 6.45) is 0.577. The van der Waals surface area contributed by atoms with Crippen LogP contribution in [0.4, 0.5) is 10.1 Å². The number of rotatable bonds is 3.